The molecule has 0 saturated heterocycles. The van der Waals surface area contributed by atoms with Crippen molar-refractivity contribution in [2.45, 2.75) is 19.9 Å². The van der Waals surface area contributed by atoms with Crippen molar-refractivity contribution in [3.05, 3.63) is 69.3 Å². The molecular weight excluding hydrogens is 386 g/mol. The maximum absolute atomic E-state index is 12.6. The van der Waals surface area contributed by atoms with E-state index < -0.39 is 0 Å². The second-order valence-corrected chi connectivity index (χ2v) is 7.22. The lowest BCUT2D eigenvalue weighted by Gasteiger charge is -2.15. The van der Waals surface area contributed by atoms with Crippen LogP contribution in [0.3, 0.4) is 0 Å². The van der Waals surface area contributed by atoms with Gasteiger partial charge in [-0.2, -0.15) is 0 Å². The van der Waals surface area contributed by atoms with Gasteiger partial charge in [0.15, 0.2) is 0 Å². The topological polar surface area (TPSA) is 54.9 Å². The second kappa shape index (κ2) is 7.23. The van der Waals surface area contributed by atoms with Crippen molar-refractivity contribution < 1.29 is 4.79 Å². The Morgan fingerprint density at radius 3 is 2.67 bits per heavy atom. The van der Waals surface area contributed by atoms with Gasteiger partial charge in [-0.05, 0) is 37.6 Å². The Bertz CT molecular complexity index is 864. The predicted molar refractivity (Wildman–Crippen MR) is 100 cm³/mol. The second-order valence-electron chi connectivity index (χ2n) is 5.37. The molecule has 3 rings (SSSR count). The zero-order valence-electron chi connectivity index (χ0n) is 13.3. The van der Waals surface area contributed by atoms with Gasteiger partial charge in [-0.1, -0.05) is 40.2 Å². The third-order valence-electron chi connectivity index (χ3n) is 3.61. The Balaban J connectivity index is 1.81. The van der Waals surface area contributed by atoms with Crippen molar-refractivity contribution in [3.8, 4) is 10.7 Å². The number of carbonyl (C=O) groups is 1. The summed E-state index contributed by atoms with van der Waals surface area (Å²) in [5.74, 6) is -0.115. The van der Waals surface area contributed by atoms with Crippen LogP contribution in [0.1, 0.15) is 33.9 Å². The summed E-state index contributed by atoms with van der Waals surface area (Å²) in [5, 5.41) is 3.80. The highest BCUT2D eigenvalue weighted by molar-refractivity contribution is 9.10. The highest BCUT2D eigenvalue weighted by atomic mass is 79.9. The third-order valence-corrected chi connectivity index (χ3v) is 5.51. The lowest BCUT2D eigenvalue weighted by atomic mass is 10.1. The highest BCUT2D eigenvalue weighted by Gasteiger charge is 2.19. The van der Waals surface area contributed by atoms with Gasteiger partial charge >= 0.3 is 0 Å². The van der Waals surface area contributed by atoms with Crippen molar-refractivity contribution in [2.75, 3.05) is 0 Å². The molecule has 1 unspecified atom stereocenters. The van der Waals surface area contributed by atoms with Gasteiger partial charge in [-0.15, -0.1) is 11.3 Å². The smallest absolute Gasteiger partial charge is 0.263 e. The Morgan fingerprint density at radius 1 is 1.21 bits per heavy atom. The molecule has 1 aromatic carbocycles. The molecule has 0 aliphatic carbocycles. The van der Waals surface area contributed by atoms with Crippen LogP contribution in [0, 0.1) is 6.92 Å². The number of aryl methyl sites for hydroxylation is 1. The van der Waals surface area contributed by atoms with Crippen molar-refractivity contribution in [2.24, 2.45) is 0 Å². The van der Waals surface area contributed by atoms with Crippen molar-refractivity contribution in [1.82, 2.24) is 15.3 Å². The van der Waals surface area contributed by atoms with Crippen LogP contribution in [0.2, 0.25) is 0 Å². The first kappa shape index (κ1) is 16.8. The average molecular weight is 402 g/mol. The minimum atomic E-state index is -0.115. The Hall–Kier alpha value is -2.05. The van der Waals surface area contributed by atoms with Gasteiger partial charge in [-0.25, -0.2) is 4.98 Å². The fourth-order valence-electron chi connectivity index (χ4n) is 2.37. The number of thiazole rings is 1. The molecule has 1 N–H and O–H groups in total. The van der Waals surface area contributed by atoms with Crippen LogP contribution in [0.15, 0.2) is 53.1 Å². The molecule has 6 heteroatoms. The zero-order valence-corrected chi connectivity index (χ0v) is 15.7. The number of pyridine rings is 1. The van der Waals surface area contributed by atoms with Gasteiger partial charge < -0.3 is 5.32 Å². The number of nitrogens with zero attached hydrogens (tertiary/aromatic N) is 2. The van der Waals surface area contributed by atoms with Gasteiger partial charge in [0.05, 0.1) is 17.4 Å². The minimum Gasteiger partial charge on any atom is -0.345 e. The monoisotopic (exact) mass is 401 g/mol. The molecule has 2 heterocycles. The number of amides is 1. The number of nitrogens with one attached hydrogen (secondary N) is 1. The molecule has 0 aliphatic heterocycles. The van der Waals surface area contributed by atoms with E-state index in [1.165, 1.54) is 11.3 Å². The zero-order chi connectivity index (χ0) is 17.1. The molecule has 0 aliphatic rings. The number of hydrogen-bond acceptors (Lipinski definition) is 4. The van der Waals surface area contributed by atoms with E-state index in [9.17, 15) is 4.79 Å². The molecule has 2 aromatic heterocycles. The van der Waals surface area contributed by atoms with E-state index in [-0.39, 0.29) is 11.9 Å². The summed E-state index contributed by atoms with van der Waals surface area (Å²) in [6.45, 7) is 3.81. The number of hydrogen-bond donors (Lipinski definition) is 1. The first-order chi connectivity index (χ1) is 11.6. The standard InChI is InChI=1S/C18H16BrN3OS/c1-11(13-7-3-4-8-14(13)19)21-17(23)16-12(2)22-18(24-16)15-9-5-6-10-20-15/h3-11H,1-2H3,(H,21,23). The van der Waals surface area contributed by atoms with Crippen molar-refractivity contribution >= 4 is 33.2 Å². The van der Waals surface area contributed by atoms with Gasteiger partial charge in [0, 0.05) is 10.7 Å². The lowest BCUT2D eigenvalue weighted by molar-refractivity contribution is 0.0943. The summed E-state index contributed by atoms with van der Waals surface area (Å²) in [6.07, 6.45) is 1.72. The molecule has 3 aromatic rings. The number of carbonyl (C=O) groups excluding carboxylic acids is 1. The van der Waals surface area contributed by atoms with Crippen LogP contribution in [-0.4, -0.2) is 15.9 Å². The SMILES string of the molecule is Cc1nc(-c2ccccn2)sc1C(=O)NC(C)c1ccccc1Br. The third kappa shape index (κ3) is 3.55. The van der Waals surface area contributed by atoms with E-state index in [2.05, 4.69) is 31.2 Å². The van der Waals surface area contributed by atoms with Crippen LogP contribution in [-0.2, 0) is 0 Å². The average Bonchev–Trinajstić information content (AvgIpc) is 2.98. The summed E-state index contributed by atoms with van der Waals surface area (Å²) in [6, 6.07) is 13.4. The van der Waals surface area contributed by atoms with Gasteiger partial charge in [0.2, 0.25) is 0 Å². The maximum atomic E-state index is 12.6. The molecule has 122 valence electrons. The lowest BCUT2D eigenvalue weighted by Crippen LogP contribution is -2.26. The summed E-state index contributed by atoms with van der Waals surface area (Å²) >= 11 is 4.89. The predicted octanol–water partition coefficient (Wildman–Crippen LogP) is 4.77. The molecule has 1 amide bonds. The fourth-order valence-corrected chi connectivity index (χ4v) is 3.95. The number of aromatic nitrogens is 2. The molecule has 0 saturated carbocycles. The number of benzene rings is 1. The van der Waals surface area contributed by atoms with E-state index in [1.807, 2.05) is 56.3 Å². The quantitative estimate of drug-likeness (QED) is 0.684. The summed E-state index contributed by atoms with van der Waals surface area (Å²) in [7, 11) is 0. The number of rotatable bonds is 4. The van der Waals surface area contributed by atoms with E-state index in [1.54, 1.807) is 6.20 Å². The van der Waals surface area contributed by atoms with Crippen LogP contribution in [0.5, 0.6) is 0 Å². The van der Waals surface area contributed by atoms with E-state index in [0.717, 1.165) is 26.4 Å². The molecule has 4 nitrogen and oxygen atoms in total. The molecule has 0 bridgehead atoms. The first-order valence-corrected chi connectivity index (χ1v) is 9.11. The number of halogens is 1. The Labute approximate surface area is 153 Å². The molecule has 0 fully saturated rings. The van der Waals surface area contributed by atoms with E-state index in [0.29, 0.717) is 4.88 Å². The molecule has 0 radical (unpaired) electrons. The van der Waals surface area contributed by atoms with Crippen LogP contribution < -0.4 is 5.32 Å². The molecule has 1 atom stereocenters. The van der Waals surface area contributed by atoms with E-state index in [4.69, 9.17) is 0 Å². The van der Waals surface area contributed by atoms with Crippen molar-refractivity contribution in [3.63, 3.8) is 0 Å². The maximum Gasteiger partial charge on any atom is 0.263 e. The molecule has 24 heavy (non-hydrogen) atoms. The molecular formula is C18H16BrN3OS. The van der Waals surface area contributed by atoms with Gasteiger partial charge in [0.25, 0.3) is 5.91 Å². The van der Waals surface area contributed by atoms with Gasteiger partial charge in [-0.3, -0.25) is 9.78 Å². The summed E-state index contributed by atoms with van der Waals surface area (Å²) in [4.78, 5) is 22.0. The van der Waals surface area contributed by atoms with Crippen LogP contribution in [0.4, 0.5) is 0 Å². The summed E-state index contributed by atoms with van der Waals surface area (Å²) < 4.78 is 0.980. The minimum absolute atomic E-state index is 0.104. The first-order valence-electron chi connectivity index (χ1n) is 7.50. The Kier molecular flexibility index (Phi) is 5.06. The largest absolute Gasteiger partial charge is 0.345 e. The van der Waals surface area contributed by atoms with Gasteiger partial charge in [0.1, 0.15) is 9.88 Å². The summed E-state index contributed by atoms with van der Waals surface area (Å²) in [5.41, 5.74) is 2.54. The molecule has 0 spiro atoms. The van der Waals surface area contributed by atoms with Crippen molar-refractivity contribution in [1.29, 1.82) is 0 Å². The normalized spacial score (nSPS) is 12.0. The Morgan fingerprint density at radius 2 is 1.96 bits per heavy atom. The van der Waals surface area contributed by atoms with Crippen LogP contribution in [0.25, 0.3) is 10.7 Å². The van der Waals surface area contributed by atoms with Crippen LogP contribution >= 0.6 is 27.3 Å². The fraction of sp³-hybridized carbons (Fsp3) is 0.167. The highest BCUT2D eigenvalue weighted by Crippen LogP contribution is 2.28. The van der Waals surface area contributed by atoms with E-state index >= 15 is 0 Å².